The average Bonchev–Trinajstić information content (AvgIpc) is 3.20. The largest absolute Gasteiger partial charge is 0.217 e. The van der Waals surface area contributed by atoms with Gasteiger partial charge in [-0.2, -0.15) is 5.26 Å². The summed E-state index contributed by atoms with van der Waals surface area (Å²) in [6, 6.07) is 8.66. The van der Waals surface area contributed by atoms with Crippen molar-refractivity contribution in [2.24, 2.45) is 0 Å². The van der Waals surface area contributed by atoms with E-state index < -0.39 is 0 Å². The minimum absolute atomic E-state index is 0.436. The molecule has 1 aliphatic carbocycles. The molecule has 0 saturated heterocycles. The molecule has 3 rings (SSSR count). The predicted molar refractivity (Wildman–Crippen MR) is 77.8 cm³/mol. The van der Waals surface area contributed by atoms with Crippen molar-refractivity contribution in [1.29, 1.82) is 5.26 Å². The Morgan fingerprint density at radius 2 is 2.20 bits per heavy atom. The Bertz CT molecular complexity index is 657. The number of hydrogen-bond acceptors (Lipinski definition) is 6. The maximum Gasteiger partial charge on any atom is 0.214 e. The maximum absolute atomic E-state index is 9.41. The van der Waals surface area contributed by atoms with E-state index in [9.17, 15) is 5.26 Å². The van der Waals surface area contributed by atoms with Crippen LogP contribution in [0.15, 0.2) is 33.1 Å². The van der Waals surface area contributed by atoms with Crippen LogP contribution in [0.25, 0.3) is 0 Å². The lowest BCUT2D eigenvalue weighted by atomic mass is 10.2. The van der Waals surface area contributed by atoms with Crippen LogP contribution in [0, 0.1) is 11.3 Å². The van der Waals surface area contributed by atoms with Crippen molar-refractivity contribution in [2.45, 2.75) is 40.8 Å². The molecule has 5 nitrogen and oxygen atoms in total. The van der Waals surface area contributed by atoms with Gasteiger partial charge in [-0.3, -0.25) is 0 Å². The van der Waals surface area contributed by atoms with Crippen LogP contribution in [-0.4, -0.2) is 26.0 Å². The van der Waals surface area contributed by atoms with E-state index in [1.54, 1.807) is 11.8 Å². The maximum atomic E-state index is 9.41. The summed E-state index contributed by atoms with van der Waals surface area (Å²) in [7, 11) is 0. The highest BCUT2D eigenvalue weighted by Crippen LogP contribution is 2.39. The minimum atomic E-state index is 0.436. The second-order valence-corrected chi connectivity index (χ2v) is 6.73. The second-order valence-electron chi connectivity index (χ2n) is 4.41. The van der Waals surface area contributed by atoms with Gasteiger partial charge in [-0.05, 0) is 52.9 Å². The normalized spacial score (nSPS) is 14.2. The SMILES string of the molecule is CCSc1cccc(Sc2nnnn2C2CC2)c1C#N. The fourth-order valence-corrected chi connectivity index (χ4v) is 3.69. The van der Waals surface area contributed by atoms with Crippen LogP contribution >= 0.6 is 23.5 Å². The Hall–Kier alpha value is -1.52. The average molecular weight is 303 g/mol. The van der Waals surface area contributed by atoms with Gasteiger partial charge in [0, 0.05) is 9.79 Å². The van der Waals surface area contributed by atoms with E-state index in [0.29, 0.717) is 6.04 Å². The molecular weight excluding hydrogens is 290 g/mol. The molecular formula is C13H13N5S2. The fraction of sp³-hybridized carbons (Fsp3) is 0.385. The third-order valence-electron chi connectivity index (χ3n) is 2.96. The van der Waals surface area contributed by atoms with Crippen molar-refractivity contribution in [1.82, 2.24) is 20.2 Å². The lowest BCUT2D eigenvalue weighted by molar-refractivity contribution is 0.565. The van der Waals surface area contributed by atoms with Gasteiger partial charge < -0.3 is 0 Å². The number of rotatable bonds is 5. The van der Waals surface area contributed by atoms with Crippen molar-refractivity contribution in [3.8, 4) is 6.07 Å². The Morgan fingerprint density at radius 3 is 2.90 bits per heavy atom. The zero-order valence-electron chi connectivity index (χ0n) is 11.0. The fourth-order valence-electron chi connectivity index (χ4n) is 1.88. The molecule has 0 unspecified atom stereocenters. The van der Waals surface area contributed by atoms with Gasteiger partial charge in [0.15, 0.2) is 0 Å². The van der Waals surface area contributed by atoms with Gasteiger partial charge in [-0.25, -0.2) is 4.68 Å². The molecule has 0 spiro atoms. The number of aromatic nitrogens is 4. The molecule has 7 heteroatoms. The van der Waals surface area contributed by atoms with Crippen LogP contribution in [0.5, 0.6) is 0 Å². The van der Waals surface area contributed by atoms with Gasteiger partial charge in [0.2, 0.25) is 5.16 Å². The summed E-state index contributed by atoms with van der Waals surface area (Å²) in [5, 5.41) is 22.0. The van der Waals surface area contributed by atoms with Crippen LogP contribution in [0.3, 0.4) is 0 Å². The number of hydrogen-bond donors (Lipinski definition) is 0. The molecule has 1 fully saturated rings. The highest BCUT2D eigenvalue weighted by atomic mass is 32.2. The zero-order valence-corrected chi connectivity index (χ0v) is 12.6. The molecule has 0 N–H and O–H groups in total. The number of nitriles is 1. The van der Waals surface area contributed by atoms with Crippen LogP contribution in [0.2, 0.25) is 0 Å². The van der Waals surface area contributed by atoms with Crippen molar-refractivity contribution < 1.29 is 0 Å². The summed E-state index contributed by atoms with van der Waals surface area (Å²) in [4.78, 5) is 1.94. The van der Waals surface area contributed by atoms with Gasteiger partial charge in [0.05, 0.1) is 11.6 Å². The Kier molecular flexibility index (Phi) is 3.94. The van der Waals surface area contributed by atoms with Gasteiger partial charge >= 0.3 is 0 Å². The smallest absolute Gasteiger partial charge is 0.214 e. The summed E-state index contributed by atoms with van der Waals surface area (Å²) >= 11 is 3.15. The monoisotopic (exact) mass is 303 g/mol. The topological polar surface area (TPSA) is 67.4 Å². The van der Waals surface area contributed by atoms with Crippen molar-refractivity contribution >= 4 is 23.5 Å². The molecule has 1 aromatic carbocycles. The summed E-state index contributed by atoms with van der Waals surface area (Å²) < 4.78 is 1.87. The third-order valence-corrected chi connectivity index (χ3v) is 4.91. The van der Waals surface area contributed by atoms with Crippen LogP contribution in [0.4, 0.5) is 0 Å². The molecule has 0 aliphatic heterocycles. The van der Waals surface area contributed by atoms with E-state index in [4.69, 9.17) is 0 Å². The van der Waals surface area contributed by atoms with E-state index in [-0.39, 0.29) is 0 Å². The third kappa shape index (κ3) is 2.67. The molecule has 0 amide bonds. The summed E-state index contributed by atoms with van der Waals surface area (Å²) in [6.45, 7) is 2.08. The summed E-state index contributed by atoms with van der Waals surface area (Å²) in [5.74, 6) is 0.947. The molecule has 102 valence electrons. The molecule has 1 aliphatic rings. The Morgan fingerprint density at radius 1 is 1.40 bits per heavy atom. The Balaban J connectivity index is 1.92. The van der Waals surface area contributed by atoms with E-state index >= 15 is 0 Å². The molecule has 20 heavy (non-hydrogen) atoms. The van der Waals surface area contributed by atoms with Crippen LogP contribution in [0.1, 0.15) is 31.4 Å². The van der Waals surface area contributed by atoms with Gasteiger partial charge in [-0.1, -0.05) is 13.0 Å². The minimum Gasteiger partial charge on any atom is -0.217 e. The lowest BCUT2D eigenvalue weighted by Gasteiger charge is -2.07. The van der Waals surface area contributed by atoms with Gasteiger partial charge in [0.25, 0.3) is 0 Å². The molecule has 0 atom stereocenters. The summed E-state index contributed by atoms with van der Waals surface area (Å²) in [6.07, 6.45) is 2.27. The zero-order chi connectivity index (χ0) is 13.9. The second kappa shape index (κ2) is 5.85. The number of benzene rings is 1. The first-order chi connectivity index (χ1) is 9.83. The molecule has 0 bridgehead atoms. The highest BCUT2D eigenvalue weighted by molar-refractivity contribution is 8.00. The lowest BCUT2D eigenvalue weighted by Crippen LogP contribution is -1.99. The molecule has 2 aromatic rings. The van der Waals surface area contributed by atoms with E-state index in [0.717, 1.165) is 39.1 Å². The van der Waals surface area contributed by atoms with Crippen molar-refractivity contribution in [3.63, 3.8) is 0 Å². The number of thioether (sulfide) groups is 1. The van der Waals surface area contributed by atoms with Crippen LogP contribution in [-0.2, 0) is 0 Å². The van der Waals surface area contributed by atoms with Gasteiger partial charge in [0.1, 0.15) is 6.07 Å². The molecule has 0 radical (unpaired) electrons. The van der Waals surface area contributed by atoms with E-state index in [2.05, 4.69) is 28.5 Å². The van der Waals surface area contributed by atoms with Crippen molar-refractivity contribution in [2.75, 3.05) is 5.75 Å². The number of nitrogens with zero attached hydrogens (tertiary/aromatic N) is 5. The first kappa shape index (κ1) is 13.5. The van der Waals surface area contributed by atoms with E-state index in [1.807, 2.05) is 22.9 Å². The first-order valence-corrected chi connectivity index (χ1v) is 8.25. The van der Waals surface area contributed by atoms with Gasteiger partial charge in [-0.15, -0.1) is 16.9 Å². The van der Waals surface area contributed by atoms with Crippen molar-refractivity contribution in [3.05, 3.63) is 23.8 Å². The molecule has 1 saturated carbocycles. The van der Waals surface area contributed by atoms with Crippen LogP contribution < -0.4 is 0 Å². The quantitative estimate of drug-likeness (QED) is 0.790. The predicted octanol–water partition coefficient (Wildman–Crippen LogP) is 3.14. The Labute approximate surface area is 125 Å². The molecule has 1 aromatic heterocycles. The first-order valence-electron chi connectivity index (χ1n) is 6.45. The molecule has 1 heterocycles. The summed E-state index contributed by atoms with van der Waals surface area (Å²) in [5.41, 5.74) is 0.717. The number of tetrazole rings is 1. The standard InChI is InChI=1S/C13H13N5S2/c1-2-19-11-4-3-5-12(10(11)8-14)20-13-15-16-17-18(13)9-6-7-9/h3-5,9H,2,6-7H2,1H3. The highest BCUT2D eigenvalue weighted by Gasteiger charge is 2.28. The van der Waals surface area contributed by atoms with E-state index in [1.165, 1.54) is 11.8 Å².